The van der Waals surface area contributed by atoms with Crippen LogP contribution in [0.15, 0.2) is 24.3 Å². The van der Waals surface area contributed by atoms with Gasteiger partial charge in [-0.15, -0.1) is 0 Å². The average molecular weight is 311 g/mol. The van der Waals surface area contributed by atoms with Crippen LogP contribution < -0.4 is 10.6 Å². The first-order chi connectivity index (χ1) is 9.51. The summed E-state index contributed by atoms with van der Waals surface area (Å²) in [4.78, 5) is 19.5. The fourth-order valence-electron chi connectivity index (χ4n) is 1.63. The molecule has 0 bridgehead atoms. The molecule has 7 heteroatoms. The predicted molar refractivity (Wildman–Crippen MR) is 81.3 cm³/mol. The van der Waals surface area contributed by atoms with E-state index in [9.17, 15) is 4.79 Å². The van der Waals surface area contributed by atoms with E-state index in [1.807, 2.05) is 0 Å². The molecule has 2 N–H and O–H groups in total. The molecular weight excluding hydrogens is 299 g/mol. The van der Waals surface area contributed by atoms with Gasteiger partial charge >= 0.3 is 0 Å². The van der Waals surface area contributed by atoms with Crippen molar-refractivity contribution in [3.8, 4) is 11.3 Å². The van der Waals surface area contributed by atoms with Crippen LogP contribution >= 0.6 is 23.2 Å². The maximum Gasteiger partial charge on any atom is 0.231 e. The van der Waals surface area contributed by atoms with Gasteiger partial charge in [-0.3, -0.25) is 10.1 Å². The standard InChI is InChI=1S/C13H12Cl2N4O/c1-7(20)17-13-18-10(6-11(16-2)19-13)8-4-3-5-9(14)12(8)15/h3-6H,1-2H3,(H2,16,17,18,19,20). The monoisotopic (exact) mass is 310 g/mol. The summed E-state index contributed by atoms with van der Waals surface area (Å²) in [5.74, 6) is 0.520. The van der Waals surface area contributed by atoms with E-state index in [4.69, 9.17) is 23.2 Å². The van der Waals surface area contributed by atoms with E-state index in [1.54, 1.807) is 31.3 Å². The fraction of sp³-hybridized carbons (Fsp3) is 0.154. The average Bonchev–Trinajstić information content (AvgIpc) is 2.40. The van der Waals surface area contributed by atoms with Gasteiger partial charge in [0.15, 0.2) is 0 Å². The van der Waals surface area contributed by atoms with E-state index in [0.717, 1.165) is 0 Å². The minimum Gasteiger partial charge on any atom is -0.373 e. The number of benzene rings is 1. The molecule has 1 aromatic carbocycles. The van der Waals surface area contributed by atoms with Crippen LogP contribution in [0.3, 0.4) is 0 Å². The third-order valence-corrected chi connectivity index (χ3v) is 3.32. The van der Waals surface area contributed by atoms with Crippen LogP contribution in [0.25, 0.3) is 11.3 Å². The smallest absolute Gasteiger partial charge is 0.231 e. The molecule has 2 aromatic rings. The van der Waals surface area contributed by atoms with Crippen LogP contribution in [0.2, 0.25) is 10.0 Å². The zero-order valence-electron chi connectivity index (χ0n) is 10.9. The predicted octanol–water partition coefficient (Wildman–Crippen LogP) is 3.45. The summed E-state index contributed by atoms with van der Waals surface area (Å²) in [5.41, 5.74) is 1.24. The Labute approximate surface area is 126 Å². The molecular formula is C13H12Cl2N4O. The number of nitrogens with zero attached hydrogens (tertiary/aromatic N) is 2. The second-order valence-electron chi connectivity index (χ2n) is 3.99. The maximum atomic E-state index is 11.1. The summed E-state index contributed by atoms with van der Waals surface area (Å²) < 4.78 is 0. The summed E-state index contributed by atoms with van der Waals surface area (Å²) in [5, 5.41) is 6.30. The number of carbonyl (C=O) groups is 1. The molecule has 0 saturated heterocycles. The van der Waals surface area contributed by atoms with Crippen molar-refractivity contribution < 1.29 is 4.79 Å². The fourth-order valence-corrected chi connectivity index (χ4v) is 2.03. The number of rotatable bonds is 3. The van der Waals surface area contributed by atoms with Crippen LogP contribution in [0.5, 0.6) is 0 Å². The highest BCUT2D eigenvalue weighted by Crippen LogP contribution is 2.33. The van der Waals surface area contributed by atoms with Gasteiger partial charge in [0, 0.05) is 25.6 Å². The minimum atomic E-state index is -0.249. The number of anilines is 2. The molecule has 0 radical (unpaired) electrons. The summed E-state index contributed by atoms with van der Waals surface area (Å²) in [6, 6.07) is 7.00. The normalized spacial score (nSPS) is 10.2. The number of aromatic nitrogens is 2. The van der Waals surface area contributed by atoms with Crippen molar-refractivity contribution in [1.29, 1.82) is 0 Å². The largest absolute Gasteiger partial charge is 0.373 e. The Kier molecular flexibility index (Phi) is 4.42. The highest BCUT2D eigenvalue weighted by atomic mass is 35.5. The molecule has 0 aliphatic heterocycles. The summed E-state index contributed by atoms with van der Waals surface area (Å²) in [7, 11) is 1.73. The van der Waals surface area contributed by atoms with Gasteiger partial charge in [-0.25, -0.2) is 4.98 Å². The van der Waals surface area contributed by atoms with Gasteiger partial charge < -0.3 is 5.32 Å². The molecule has 1 amide bonds. The van der Waals surface area contributed by atoms with Crippen molar-refractivity contribution in [2.24, 2.45) is 0 Å². The van der Waals surface area contributed by atoms with Gasteiger partial charge in [0.05, 0.1) is 15.7 Å². The Morgan fingerprint density at radius 2 is 2.00 bits per heavy atom. The molecule has 20 heavy (non-hydrogen) atoms. The first-order valence-electron chi connectivity index (χ1n) is 5.80. The van der Waals surface area contributed by atoms with E-state index < -0.39 is 0 Å². The van der Waals surface area contributed by atoms with Crippen molar-refractivity contribution in [3.05, 3.63) is 34.3 Å². The van der Waals surface area contributed by atoms with E-state index >= 15 is 0 Å². The lowest BCUT2D eigenvalue weighted by molar-refractivity contribution is -0.114. The third kappa shape index (κ3) is 3.18. The second kappa shape index (κ2) is 6.07. The summed E-state index contributed by atoms with van der Waals surface area (Å²) in [6.45, 7) is 1.39. The Hall–Kier alpha value is -1.85. The lowest BCUT2D eigenvalue weighted by Crippen LogP contribution is -2.10. The molecule has 1 heterocycles. The third-order valence-electron chi connectivity index (χ3n) is 2.50. The van der Waals surface area contributed by atoms with Gasteiger partial charge in [-0.1, -0.05) is 35.3 Å². The highest BCUT2D eigenvalue weighted by molar-refractivity contribution is 6.43. The minimum absolute atomic E-state index is 0.204. The molecule has 0 atom stereocenters. The molecule has 2 rings (SSSR count). The quantitative estimate of drug-likeness (QED) is 0.911. The van der Waals surface area contributed by atoms with Gasteiger partial charge in [0.1, 0.15) is 5.82 Å². The number of amides is 1. The Balaban J connectivity index is 2.55. The molecule has 0 aliphatic rings. The molecule has 0 fully saturated rings. The van der Waals surface area contributed by atoms with Crippen molar-refractivity contribution in [2.75, 3.05) is 17.7 Å². The van der Waals surface area contributed by atoms with Crippen LogP contribution in [0.4, 0.5) is 11.8 Å². The lowest BCUT2D eigenvalue weighted by Gasteiger charge is -2.09. The molecule has 0 spiro atoms. The van der Waals surface area contributed by atoms with Crippen LogP contribution in [-0.2, 0) is 4.79 Å². The molecule has 0 aliphatic carbocycles. The van der Waals surface area contributed by atoms with Gasteiger partial charge in [-0.05, 0) is 6.07 Å². The van der Waals surface area contributed by atoms with Gasteiger partial charge in [-0.2, -0.15) is 4.98 Å². The van der Waals surface area contributed by atoms with Crippen LogP contribution in [0, 0.1) is 0 Å². The second-order valence-corrected chi connectivity index (χ2v) is 4.78. The zero-order chi connectivity index (χ0) is 14.7. The Bertz CT molecular complexity index is 661. The lowest BCUT2D eigenvalue weighted by atomic mass is 10.1. The van der Waals surface area contributed by atoms with E-state index in [1.165, 1.54) is 6.92 Å². The number of hydrogen-bond acceptors (Lipinski definition) is 4. The van der Waals surface area contributed by atoms with Crippen LogP contribution in [0.1, 0.15) is 6.92 Å². The van der Waals surface area contributed by atoms with E-state index in [2.05, 4.69) is 20.6 Å². The van der Waals surface area contributed by atoms with E-state index in [-0.39, 0.29) is 11.9 Å². The topological polar surface area (TPSA) is 66.9 Å². The SMILES string of the molecule is CNc1cc(-c2cccc(Cl)c2Cl)nc(NC(C)=O)n1. The van der Waals surface area contributed by atoms with Crippen molar-refractivity contribution in [2.45, 2.75) is 6.92 Å². The van der Waals surface area contributed by atoms with Crippen LogP contribution in [-0.4, -0.2) is 22.9 Å². The highest BCUT2D eigenvalue weighted by Gasteiger charge is 2.11. The Morgan fingerprint density at radius 3 is 2.65 bits per heavy atom. The first-order valence-corrected chi connectivity index (χ1v) is 6.55. The van der Waals surface area contributed by atoms with Crippen molar-refractivity contribution in [3.63, 3.8) is 0 Å². The molecule has 0 saturated carbocycles. The number of halogens is 2. The van der Waals surface area contributed by atoms with Crippen molar-refractivity contribution in [1.82, 2.24) is 9.97 Å². The molecule has 0 unspecified atom stereocenters. The molecule has 1 aromatic heterocycles. The Morgan fingerprint density at radius 1 is 1.25 bits per heavy atom. The number of hydrogen-bond donors (Lipinski definition) is 2. The summed E-state index contributed by atoms with van der Waals surface area (Å²) in [6.07, 6.45) is 0. The van der Waals surface area contributed by atoms with Crippen molar-refractivity contribution >= 4 is 40.9 Å². The van der Waals surface area contributed by atoms with Gasteiger partial charge in [0.25, 0.3) is 0 Å². The van der Waals surface area contributed by atoms with E-state index in [0.29, 0.717) is 27.1 Å². The van der Waals surface area contributed by atoms with Gasteiger partial charge in [0.2, 0.25) is 11.9 Å². The summed E-state index contributed by atoms with van der Waals surface area (Å²) >= 11 is 12.2. The first kappa shape index (κ1) is 14.6. The maximum absolute atomic E-state index is 11.1. The molecule has 5 nitrogen and oxygen atoms in total. The zero-order valence-corrected chi connectivity index (χ0v) is 12.4. The number of nitrogens with one attached hydrogen (secondary N) is 2. The number of carbonyl (C=O) groups excluding carboxylic acids is 1. The molecule has 104 valence electrons.